The molecular weight excluding hydrogens is 190 g/mol. The third-order valence-electron chi connectivity index (χ3n) is 2.85. The monoisotopic (exact) mass is 207 g/mol. The van der Waals surface area contributed by atoms with Crippen LogP contribution in [0.5, 0.6) is 0 Å². The molecule has 2 rings (SSSR count). The van der Waals surface area contributed by atoms with Crippen LogP contribution in [0, 0.1) is 5.92 Å². The summed E-state index contributed by atoms with van der Waals surface area (Å²) in [5, 5.41) is 3.41. The van der Waals surface area contributed by atoms with E-state index in [-0.39, 0.29) is 0 Å². The second kappa shape index (κ2) is 4.85. The third-order valence-corrected chi connectivity index (χ3v) is 3.59. The highest BCUT2D eigenvalue weighted by atomic mass is 32.2. The average molecular weight is 207 g/mol. The van der Waals surface area contributed by atoms with Gasteiger partial charge in [0.05, 0.1) is 0 Å². The zero-order chi connectivity index (χ0) is 9.80. The second-order valence-electron chi connectivity index (χ2n) is 3.91. The fourth-order valence-electron chi connectivity index (χ4n) is 1.98. The Bertz CT molecular complexity index is 275. The van der Waals surface area contributed by atoms with Crippen molar-refractivity contribution < 1.29 is 0 Å². The molecule has 1 heterocycles. The molecule has 76 valence electrons. The molecule has 0 radical (unpaired) electrons. The molecule has 1 aromatic carbocycles. The lowest BCUT2D eigenvalue weighted by molar-refractivity contribution is 0.580. The highest BCUT2D eigenvalue weighted by molar-refractivity contribution is 7.98. The zero-order valence-corrected chi connectivity index (χ0v) is 9.44. The molecule has 1 aliphatic rings. The van der Waals surface area contributed by atoms with Crippen molar-refractivity contribution >= 4 is 11.8 Å². The van der Waals surface area contributed by atoms with Gasteiger partial charge in [0.1, 0.15) is 0 Å². The van der Waals surface area contributed by atoms with E-state index in [0.29, 0.717) is 0 Å². The summed E-state index contributed by atoms with van der Waals surface area (Å²) in [6.07, 6.45) is 4.70. The van der Waals surface area contributed by atoms with Crippen LogP contribution in [-0.4, -0.2) is 19.3 Å². The van der Waals surface area contributed by atoms with Crippen LogP contribution in [0.2, 0.25) is 0 Å². The van der Waals surface area contributed by atoms with Gasteiger partial charge in [-0.3, -0.25) is 0 Å². The van der Waals surface area contributed by atoms with E-state index in [4.69, 9.17) is 0 Å². The molecule has 1 unspecified atom stereocenters. The van der Waals surface area contributed by atoms with Gasteiger partial charge >= 0.3 is 0 Å². The van der Waals surface area contributed by atoms with Gasteiger partial charge in [-0.1, -0.05) is 12.1 Å². The third kappa shape index (κ3) is 2.52. The van der Waals surface area contributed by atoms with E-state index >= 15 is 0 Å². The van der Waals surface area contributed by atoms with Crippen molar-refractivity contribution in [3.63, 3.8) is 0 Å². The van der Waals surface area contributed by atoms with Crippen molar-refractivity contribution in [3.05, 3.63) is 29.8 Å². The standard InChI is InChI=1S/C12H17NS/c1-14-12-4-2-10(3-5-12)8-11-6-7-13-9-11/h2-5,11,13H,6-9H2,1H3. The SMILES string of the molecule is CSc1ccc(CC2CCNC2)cc1. The highest BCUT2D eigenvalue weighted by Gasteiger charge is 2.14. The molecule has 0 amide bonds. The highest BCUT2D eigenvalue weighted by Crippen LogP contribution is 2.19. The first kappa shape index (κ1) is 10.1. The van der Waals surface area contributed by atoms with E-state index in [0.717, 1.165) is 5.92 Å². The smallest absolute Gasteiger partial charge is 0.00693 e. The Morgan fingerprint density at radius 2 is 2.14 bits per heavy atom. The van der Waals surface area contributed by atoms with E-state index < -0.39 is 0 Å². The van der Waals surface area contributed by atoms with Crippen LogP contribution in [0.1, 0.15) is 12.0 Å². The minimum atomic E-state index is 0.857. The maximum absolute atomic E-state index is 3.41. The molecule has 1 fully saturated rings. The van der Waals surface area contributed by atoms with Crippen LogP contribution in [0.15, 0.2) is 29.2 Å². The molecular formula is C12H17NS. The molecule has 1 aromatic rings. The number of rotatable bonds is 3. The number of thioether (sulfide) groups is 1. The molecule has 14 heavy (non-hydrogen) atoms. The van der Waals surface area contributed by atoms with Gasteiger partial charge in [0.15, 0.2) is 0 Å². The van der Waals surface area contributed by atoms with E-state index in [1.807, 2.05) is 11.8 Å². The van der Waals surface area contributed by atoms with Crippen LogP contribution >= 0.6 is 11.8 Å². The minimum absolute atomic E-state index is 0.857. The Labute approximate surface area is 90.3 Å². The second-order valence-corrected chi connectivity index (χ2v) is 4.79. The molecule has 0 aliphatic carbocycles. The first-order valence-corrected chi connectivity index (χ1v) is 6.44. The van der Waals surface area contributed by atoms with Crippen LogP contribution in [0.25, 0.3) is 0 Å². The maximum Gasteiger partial charge on any atom is 0.00693 e. The normalized spacial score (nSPS) is 21.4. The van der Waals surface area contributed by atoms with Gasteiger partial charge in [-0.25, -0.2) is 0 Å². The van der Waals surface area contributed by atoms with Crippen LogP contribution in [0.4, 0.5) is 0 Å². The number of nitrogens with one attached hydrogen (secondary N) is 1. The van der Waals surface area contributed by atoms with Gasteiger partial charge in [0.25, 0.3) is 0 Å². The van der Waals surface area contributed by atoms with Crippen molar-refractivity contribution in [1.29, 1.82) is 0 Å². The average Bonchev–Trinajstić information content (AvgIpc) is 2.72. The molecule has 1 atom stereocenters. The summed E-state index contributed by atoms with van der Waals surface area (Å²) in [5.41, 5.74) is 1.48. The summed E-state index contributed by atoms with van der Waals surface area (Å²) >= 11 is 1.81. The van der Waals surface area contributed by atoms with Crippen LogP contribution < -0.4 is 5.32 Å². The maximum atomic E-state index is 3.41. The molecule has 0 spiro atoms. The number of hydrogen-bond acceptors (Lipinski definition) is 2. The van der Waals surface area contributed by atoms with Crippen molar-refractivity contribution in [1.82, 2.24) is 5.32 Å². The summed E-state index contributed by atoms with van der Waals surface area (Å²) in [6, 6.07) is 8.99. The predicted molar refractivity (Wildman–Crippen MR) is 62.9 cm³/mol. The predicted octanol–water partition coefficient (Wildman–Crippen LogP) is 2.56. The molecule has 0 saturated carbocycles. The molecule has 1 N–H and O–H groups in total. The molecule has 1 nitrogen and oxygen atoms in total. The summed E-state index contributed by atoms with van der Waals surface area (Å²) < 4.78 is 0. The van der Waals surface area contributed by atoms with Gasteiger partial charge in [0.2, 0.25) is 0 Å². The van der Waals surface area contributed by atoms with Crippen LogP contribution in [0.3, 0.4) is 0 Å². The molecule has 0 bridgehead atoms. The van der Waals surface area contributed by atoms with Crippen molar-refractivity contribution in [3.8, 4) is 0 Å². The first-order chi connectivity index (χ1) is 6.88. The fraction of sp³-hybridized carbons (Fsp3) is 0.500. The summed E-state index contributed by atoms with van der Waals surface area (Å²) in [4.78, 5) is 1.36. The lowest BCUT2D eigenvalue weighted by Crippen LogP contribution is -2.10. The van der Waals surface area contributed by atoms with Gasteiger partial charge in [0, 0.05) is 4.90 Å². The van der Waals surface area contributed by atoms with Crippen molar-refractivity contribution in [2.45, 2.75) is 17.7 Å². The van der Waals surface area contributed by atoms with Crippen molar-refractivity contribution in [2.24, 2.45) is 5.92 Å². The Morgan fingerprint density at radius 3 is 2.71 bits per heavy atom. The van der Waals surface area contributed by atoms with Crippen molar-refractivity contribution in [2.75, 3.05) is 19.3 Å². The number of benzene rings is 1. The van der Waals surface area contributed by atoms with E-state index in [1.165, 1.54) is 36.4 Å². The van der Waals surface area contributed by atoms with E-state index in [9.17, 15) is 0 Å². The van der Waals surface area contributed by atoms with Gasteiger partial charge < -0.3 is 5.32 Å². The lowest BCUT2D eigenvalue weighted by Gasteiger charge is -2.08. The fourth-order valence-corrected chi connectivity index (χ4v) is 2.39. The lowest BCUT2D eigenvalue weighted by atomic mass is 9.99. The Kier molecular flexibility index (Phi) is 3.49. The summed E-state index contributed by atoms with van der Waals surface area (Å²) in [7, 11) is 0. The number of hydrogen-bond donors (Lipinski definition) is 1. The largest absolute Gasteiger partial charge is 0.316 e. The van der Waals surface area contributed by atoms with E-state index in [1.54, 1.807) is 0 Å². The first-order valence-electron chi connectivity index (χ1n) is 5.22. The van der Waals surface area contributed by atoms with Gasteiger partial charge in [-0.2, -0.15) is 0 Å². The Balaban J connectivity index is 1.95. The molecule has 1 saturated heterocycles. The minimum Gasteiger partial charge on any atom is -0.316 e. The zero-order valence-electron chi connectivity index (χ0n) is 8.62. The Morgan fingerprint density at radius 1 is 1.36 bits per heavy atom. The Hall–Kier alpha value is -0.470. The van der Waals surface area contributed by atoms with Gasteiger partial charge in [-0.15, -0.1) is 11.8 Å². The molecule has 1 aliphatic heterocycles. The molecule has 0 aromatic heterocycles. The van der Waals surface area contributed by atoms with E-state index in [2.05, 4.69) is 35.8 Å². The molecule has 2 heteroatoms. The van der Waals surface area contributed by atoms with Gasteiger partial charge in [-0.05, 0) is 55.8 Å². The quantitative estimate of drug-likeness (QED) is 0.765. The summed E-state index contributed by atoms with van der Waals surface area (Å²) in [6.45, 7) is 2.40. The summed E-state index contributed by atoms with van der Waals surface area (Å²) in [5.74, 6) is 0.857. The topological polar surface area (TPSA) is 12.0 Å². The van der Waals surface area contributed by atoms with Crippen LogP contribution in [-0.2, 0) is 6.42 Å².